The summed E-state index contributed by atoms with van der Waals surface area (Å²) < 4.78 is 46.4. The SMILES string of the molecule is COC[C@]12CC[C@](O)(C(F)(F)F)C[C@H]1CC[C@@H]1C2CC[C@]2(C)[C@@H](C(=O)CBr)CC[C@@H]12. The van der Waals surface area contributed by atoms with Gasteiger partial charge in [0.1, 0.15) is 5.78 Å². The predicted molar refractivity (Wildman–Crippen MR) is 111 cm³/mol. The van der Waals surface area contributed by atoms with Gasteiger partial charge in [-0.15, -0.1) is 0 Å². The summed E-state index contributed by atoms with van der Waals surface area (Å²) >= 11 is 3.35. The lowest BCUT2D eigenvalue weighted by atomic mass is 9.43. The van der Waals surface area contributed by atoms with Crippen molar-refractivity contribution in [3.63, 3.8) is 0 Å². The van der Waals surface area contributed by atoms with Crippen molar-refractivity contribution in [1.82, 2.24) is 0 Å². The molecule has 0 aliphatic heterocycles. The Labute approximate surface area is 185 Å². The molecular formula is C23H34BrF3O3. The molecular weight excluding hydrogens is 461 g/mol. The molecule has 7 heteroatoms. The minimum Gasteiger partial charge on any atom is -0.384 e. The van der Waals surface area contributed by atoms with E-state index >= 15 is 0 Å². The summed E-state index contributed by atoms with van der Waals surface area (Å²) in [4.78, 5) is 12.6. The van der Waals surface area contributed by atoms with Gasteiger partial charge in [-0.25, -0.2) is 0 Å². The summed E-state index contributed by atoms with van der Waals surface area (Å²) in [6, 6.07) is 0. The van der Waals surface area contributed by atoms with Gasteiger partial charge in [-0.2, -0.15) is 13.2 Å². The fourth-order valence-electron chi connectivity index (χ4n) is 8.48. The lowest BCUT2D eigenvalue weighted by Gasteiger charge is -2.62. The van der Waals surface area contributed by atoms with Gasteiger partial charge in [-0.1, -0.05) is 22.9 Å². The van der Waals surface area contributed by atoms with Crippen molar-refractivity contribution in [3.8, 4) is 0 Å². The lowest BCUT2D eigenvalue weighted by molar-refractivity contribution is -0.294. The number of methoxy groups -OCH3 is 1. The van der Waals surface area contributed by atoms with E-state index in [0.717, 1.165) is 32.1 Å². The highest BCUT2D eigenvalue weighted by Gasteiger charge is 2.66. The van der Waals surface area contributed by atoms with Crippen molar-refractivity contribution in [2.75, 3.05) is 19.0 Å². The maximum absolute atomic E-state index is 13.6. The molecule has 0 amide bonds. The molecule has 0 radical (unpaired) electrons. The van der Waals surface area contributed by atoms with Crippen molar-refractivity contribution >= 4 is 21.7 Å². The molecule has 4 aliphatic rings. The third-order valence-corrected chi connectivity index (χ3v) is 10.4. The average Bonchev–Trinajstić information content (AvgIpc) is 3.04. The van der Waals surface area contributed by atoms with E-state index in [0.29, 0.717) is 48.3 Å². The Morgan fingerprint density at radius 2 is 1.83 bits per heavy atom. The normalized spacial score (nSPS) is 48.6. The summed E-state index contributed by atoms with van der Waals surface area (Å²) in [6.45, 7) is 2.75. The Kier molecular flexibility index (Phi) is 5.93. The van der Waals surface area contributed by atoms with Crippen LogP contribution >= 0.6 is 15.9 Å². The minimum absolute atomic E-state index is 0.00842. The number of ether oxygens (including phenoxy) is 1. The van der Waals surface area contributed by atoms with E-state index in [1.54, 1.807) is 7.11 Å². The van der Waals surface area contributed by atoms with Gasteiger partial charge in [-0.05, 0) is 92.3 Å². The summed E-state index contributed by atoms with van der Waals surface area (Å²) in [5.74, 6) is 1.46. The second-order valence-electron chi connectivity index (χ2n) is 10.8. The molecule has 30 heavy (non-hydrogen) atoms. The van der Waals surface area contributed by atoms with Crippen LogP contribution in [0.25, 0.3) is 0 Å². The van der Waals surface area contributed by atoms with Crippen molar-refractivity contribution in [3.05, 3.63) is 0 Å². The number of ketones is 1. The second kappa shape index (κ2) is 7.72. The Morgan fingerprint density at radius 1 is 1.10 bits per heavy atom. The third-order valence-electron chi connectivity index (χ3n) is 9.89. The zero-order valence-electron chi connectivity index (χ0n) is 17.9. The molecule has 0 bridgehead atoms. The van der Waals surface area contributed by atoms with Crippen LogP contribution in [0, 0.1) is 40.4 Å². The highest BCUT2D eigenvalue weighted by molar-refractivity contribution is 9.09. The number of carbonyl (C=O) groups is 1. The first-order valence-electron chi connectivity index (χ1n) is 11.4. The lowest BCUT2D eigenvalue weighted by Crippen LogP contribution is -2.61. The van der Waals surface area contributed by atoms with Crippen LogP contribution < -0.4 is 0 Å². The number of rotatable bonds is 4. The van der Waals surface area contributed by atoms with Crippen LogP contribution in [0.5, 0.6) is 0 Å². The summed E-state index contributed by atoms with van der Waals surface area (Å²) in [7, 11) is 1.65. The summed E-state index contributed by atoms with van der Waals surface area (Å²) in [5, 5.41) is 10.8. The van der Waals surface area contributed by atoms with E-state index in [1.807, 2.05) is 0 Å². The Bertz CT molecular complexity index is 685. The highest BCUT2D eigenvalue weighted by atomic mass is 79.9. The van der Waals surface area contributed by atoms with E-state index in [4.69, 9.17) is 4.74 Å². The molecule has 0 heterocycles. The van der Waals surface area contributed by atoms with Crippen molar-refractivity contribution in [2.45, 2.75) is 76.5 Å². The Balaban J connectivity index is 1.63. The largest absolute Gasteiger partial charge is 0.417 e. The van der Waals surface area contributed by atoms with Gasteiger partial charge in [0, 0.05) is 13.0 Å². The Hall–Kier alpha value is -0.140. The van der Waals surface area contributed by atoms with Crippen LogP contribution in [0.15, 0.2) is 0 Å². The smallest absolute Gasteiger partial charge is 0.384 e. The second-order valence-corrected chi connectivity index (χ2v) is 11.4. The van der Waals surface area contributed by atoms with Gasteiger partial charge < -0.3 is 9.84 Å². The molecule has 8 atom stereocenters. The van der Waals surface area contributed by atoms with Crippen LogP contribution in [0.3, 0.4) is 0 Å². The molecule has 0 aromatic carbocycles. The number of Topliss-reactive ketones (excluding diaryl/α,β-unsaturated/α-hetero) is 1. The van der Waals surface area contributed by atoms with Crippen LogP contribution in [0.1, 0.15) is 64.7 Å². The zero-order valence-corrected chi connectivity index (χ0v) is 19.5. The maximum Gasteiger partial charge on any atom is 0.417 e. The van der Waals surface area contributed by atoms with Gasteiger partial charge >= 0.3 is 6.18 Å². The van der Waals surface area contributed by atoms with Gasteiger partial charge in [-0.3, -0.25) is 4.79 Å². The number of aliphatic hydroxyl groups is 1. The first kappa shape index (κ1) is 23.0. The van der Waals surface area contributed by atoms with Crippen LogP contribution in [-0.4, -0.2) is 41.7 Å². The molecule has 4 fully saturated rings. The first-order valence-corrected chi connectivity index (χ1v) is 12.5. The van der Waals surface area contributed by atoms with E-state index in [9.17, 15) is 23.1 Å². The number of carbonyl (C=O) groups excluding carboxylic acids is 1. The van der Waals surface area contributed by atoms with E-state index in [2.05, 4.69) is 22.9 Å². The van der Waals surface area contributed by atoms with Crippen molar-refractivity contribution < 1.29 is 27.8 Å². The standard InChI is InChI=1S/C23H34BrF3O3/c1-20-8-7-17-15(16(20)5-6-18(20)19(28)12-24)4-3-14-11-22(29,23(25,26)27)10-9-21(14,17)13-30-2/h14-18,29H,3-13H2,1-2H3/t14-,15+,16+,17?,18-,20+,21-,22-/m1/s1. The quantitative estimate of drug-likeness (QED) is 0.522. The molecule has 1 N–H and O–H groups in total. The van der Waals surface area contributed by atoms with Crippen molar-refractivity contribution in [2.24, 2.45) is 40.4 Å². The Morgan fingerprint density at radius 3 is 2.47 bits per heavy atom. The average molecular weight is 495 g/mol. The minimum atomic E-state index is -4.58. The van der Waals surface area contributed by atoms with Gasteiger partial charge in [0.05, 0.1) is 11.9 Å². The number of hydrogen-bond acceptors (Lipinski definition) is 3. The van der Waals surface area contributed by atoms with Gasteiger partial charge in [0.2, 0.25) is 0 Å². The molecule has 3 nitrogen and oxygen atoms in total. The molecule has 172 valence electrons. The molecule has 4 aliphatic carbocycles. The number of fused-ring (bicyclic) bond motifs is 5. The third kappa shape index (κ3) is 3.23. The number of alkyl halides is 4. The van der Waals surface area contributed by atoms with E-state index in [-0.39, 0.29) is 35.5 Å². The number of halogens is 4. The van der Waals surface area contributed by atoms with Crippen molar-refractivity contribution in [1.29, 1.82) is 0 Å². The fourth-order valence-corrected chi connectivity index (χ4v) is 8.87. The molecule has 1 unspecified atom stereocenters. The van der Waals surface area contributed by atoms with Gasteiger partial charge in [0.25, 0.3) is 0 Å². The summed E-state index contributed by atoms with van der Waals surface area (Å²) in [6.07, 6.45) is 0.875. The topological polar surface area (TPSA) is 46.5 Å². The zero-order chi connectivity index (χ0) is 21.9. The maximum atomic E-state index is 13.6. The highest BCUT2D eigenvalue weighted by Crippen LogP contribution is 2.68. The molecule has 0 saturated heterocycles. The fraction of sp³-hybridized carbons (Fsp3) is 0.957. The predicted octanol–water partition coefficient (Wildman–Crippen LogP) is 5.53. The molecule has 0 aromatic heterocycles. The van der Waals surface area contributed by atoms with Crippen LogP contribution in [0.4, 0.5) is 13.2 Å². The van der Waals surface area contributed by atoms with Gasteiger partial charge in [0.15, 0.2) is 5.60 Å². The summed E-state index contributed by atoms with van der Waals surface area (Å²) in [5.41, 5.74) is -2.84. The van der Waals surface area contributed by atoms with E-state index in [1.165, 1.54) is 0 Å². The number of hydrogen-bond donors (Lipinski definition) is 1. The molecule has 4 rings (SSSR count). The van der Waals surface area contributed by atoms with E-state index < -0.39 is 11.8 Å². The molecule has 0 spiro atoms. The monoisotopic (exact) mass is 494 g/mol. The van der Waals surface area contributed by atoms with Crippen LogP contribution in [-0.2, 0) is 9.53 Å². The molecule has 0 aromatic rings. The van der Waals surface area contributed by atoms with Crippen LogP contribution in [0.2, 0.25) is 0 Å². The molecule has 4 saturated carbocycles. The first-order chi connectivity index (χ1) is 14.0.